The number of nitrogens with zero attached hydrogens (tertiary/aromatic N) is 1. The highest BCUT2D eigenvalue weighted by Crippen LogP contribution is 2.12. The predicted molar refractivity (Wildman–Crippen MR) is 64.5 cm³/mol. The van der Waals surface area contributed by atoms with E-state index in [1.165, 1.54) is 13.1 Å². The first kappa shape index (κ1) is 13.0. The molecule has 0 aliphatic carbocycles. The Hall–Kier alpha value is -2.11. The van der Waals surface area contributed by atoms with Gasteiger partial charge < -0.3 is 16.4 Å². The number of hydrogen-bond donors (Lipinski definition) is 3. The molecule has 2 amide bonds. The second-order valence-corrected chi connectivity index (χ2v) is 3.55. The summed E-state index contributed by atoms with van der Waals surface area (Å²) in [5.74, 6) is -0.951. The van der Waals surface area contributed by atoms with Crippen LogP contribution in [-0.4, -0.2) is 29.4 Å². The van der Waals surface area contributed by atoms with Crippen LogP contribution in [0.3, 0.4) is 0 Å². The lowest BCUT2D eigenvalue weighted by Gasteiger charge is -2.13. The van der Waals surface area contributed by atoms with Gasteiger partial charge in [0.1, 0.15) is 6.04 Å². The second-order valence-electron chi connectivity index (χ2n) is 3.55. The van der Waals surface area contributed by atoms with Gasteiger partial charge in [0.15, 0.2) is 0 Å². The van der Waals surface area contributed by atoms with Crippen LogP contribution in [0.25, 0.3) is 0 Å². The smallest absolute Gasteiger partial charge is 0.255 e. The van der Waals surface area contributed by atoms with Gasteiger partial charge in [-0.2, -0.15) is 0 Å². The third kappa shape index (κ3) is 3.44. The van der Waals surface area contributed by atoms with Gasteiger partial charge in [-0.1, -0.05) is 0 Å². The van der Waals surface area contributed by atoms with Crippen LogP contribution in [-0.2, 0) is 4.79 Å². The molecule has 0 saturated heterocycles. The van der Waals surface area contributed by atoms with Crippen molar-refractivity contribution in [1.82, 2.24) is 10.3 Å². The Bertz CT molecular complexity index is 420. The van der Waals surface area contributed by atoms with Crippen LogP contribution in [0, 0.1) is 0 Å². The van der Waals surface area contributed by atoms with Crippen molar-refractivity contribution < 1.29 is 9.59 Å². The van der Waals surface area contributed by atoms with Gasteiger partial charge in [0, 0.05) is 18.9 Å². The number of carbonyl (C=O) groups is 2. The number of aromatic nitrogens is 1. The van der Waals surface area contributed by atoms with E-state index in [1.54, 1.807) is 12.3 Å². The standard InChI is InChI=1S/C11H16N4O2/c1-3-14-9-4-5-13-6-8(9)11(17)15-7(2)10(12)16/h4-7H,3H2,1-2H3,(H2,12,16)(H,13,14)(H,15,17). The zero-order valence-electron chi connectivity index (χ0n) is 9.86. The Kier molecular flexibility index (Phi) is 4.45. The van der Waals surface area contributed by atoms with Gasteiger partial charge in [-0.3, -0.25) is 14.6 Å². The normalized spacial score (nSPS) is 11.6. The molecular weight excluding hydrogens is 220 g/mol. The number of pyridine rings is 1. The number of nitrogens with one attached hydrogen (secondary N) is 2. The lowest BCUT2D eigenvalue weighted by Crippen LogP contribution is -2.42. The molecule has 17 heavy (non-hydrogen) atoms. The second kappa shape index (κ2) is 5.83. The molecule has 1 aromatic rings. The van der Waals surface area contributed by atoms with E-state index in [-0.39, 0.29) is 5.91 Å². The Morgan fingerprint density at radius 2 is 2.24 bits per heavy atom. The van der Waals surface area contributed by atoms with Gasteiger partial charge in [-0.25, -0.2) is 0 Å². The summed E-state index contributed by atoms with van der Waals surface area (Å²) in [6, 6.07) is 0.991. The summed E-state index contributed by atoms with van der Waals surface area (Å²) in [6.45, 7) is 4.15. The molecule has 1 heterocycles. The molecule has 0 fully saturated rings. The Balaban J connectivity index is 2.84. The lowest BCUT2D eigenvalue weighted by molar-refractivity contribution is -0.119. The van der Waals surface area contributed by atoms with Crippen molar-refractivity contribution in [2.75, 3.05) is 11.9 Å². The predicted octanol–water partition coefficient (Wildman–Crippen LogP) is 0.117. The van der Waals surface area contributed by atoms with Gasteiger partial charge in [-0.05, 0) is 19.9 Å². The van der Waals surface area contributed by atoms with Crippen molar-refractivity contribution in [1.29, 1.82) is 0 Å². The molecule has 1 unspecified atom stereocenters. The SMILES string of the molecule is CCNc1ccncc1C(=O)NC(C)C(N)=O. The zero-order valence-corrected chi connectivity index (χ0v) is 9.86. The molecule has 4 N–H and O–H groups in total. The van der Waals surface area contributed by atoms with Gasteiger partial charge in [0.05, 0.1) is 11.3 Å². The minimum Gasteiger partial charge on any atom is -0.385 e. The van der Waals surface area contributed by atoms with Gasteiger partial charge in [0.2, 0.25) is 5.91 Å². The van der Waals surface area contributed by atoms with E-state index in [0.29, 0.717) is 17.8 Å². The highest BCUT2D eigenvalue weighted by Gasteiger charge is 2.16. The van der Waals surface area contributed by atoms with Crippen LogP contribution in [0.2, 0.25) is 0 Å². The summed E-state index contributed by atoms with van der Waals surface area (Å²) in [7, 11) is 0. The third-order valence-corrected chi connectivity index (χ3v) is 2.21. The number of rotatable bonds is 5. The van der Waals surface area contributed by atoms with E-state index in [0.717, 1.165) is 0 Å². The molecule has 6 nitrogen and oxygen atoms in total. The molecule has 1 rings (SSSR count). The zero-order chi connectivity index (χ0) is 12.8. The Morgan fingerprint density at radius 3 is 2.82 bits per heavy atom. The number of primary amides is 1. The maximum absolute atomic E-state index is 11.9. The van der Waals surface area contributed by atoms with E-state index in [9.17, 15) is 9.59 Å². The molecule has 0 radical (unpaired) electrons. The maximum Gasteiger partial charge on any atom is 0.255 e. The van der Waals surface area contributed by atoms with E-state index < -0.39 is 11.9 Å². The van der Waals surface area contributed by atoms with Crippen molar-refractivity contribution in [3.05, 3.63) is 24.0 Å². The maximum atomic E-state index is 11.9. The summed E-state index contributed by atoms with van der Waals surface area (Å²) in [6.07, 6.45) is 3.04. The molecule has 6 heteroatoms. The molecule has 0 saturated carbocycles. The summed E-state index contributed by atoms with van der Waals surface area (Å²) in [4.78, 5) is 26.6. The first-order valence-electron chi connectivity index (χ1n) is 5.34. The lowest BCUT2D eigenvalue weighted by atomic mass is 10.2. The average Bonchev–Trinajstić information content (AvgIpc) is 2.29. The van der Waals surface area contributed by atoms with Gasteiger partial charge in [-0.15, -0.1) is 0 Å². The van der Waals surface area contributed by atoms with Gasteiger partial charge >= 0.3 is 0 Å². The molecule has 0 spiro atoms. The minimum absolute atomic E-state index is 0.375. The monoisotopic (exact) mass is 236 g/mol. The first-order valence-corrected chi connectivity index (χ1v) is 5.34. The average molecular weight is 236 g/mol. The van der Waals surface area contributed by atoms with Crippen LogP contribution in [0.1, 0.15) is 24.2 Å². The highest BCUT2D eigenvalue weighted by molar-refractivity contribution is 6.01. The number of carbonyl (C=O) groups excluding carboxylic acids is 2. The molecule has 0 aliphatic heterocycles. The van der Waals surface area contributed by atoms with Crippen molar-refractivity contribution in [3.8, 4) is 0 Å². The fourth-order valence-electron chi connectivity index (χ4n) is 1.27. The van der Waals surface area contributed by atoms with Crippen LogP contribution < -0.4 is 16.4 Å². The van der Waals surface area contributed by atoms with Gasteiger partial charge in [0.25, 0.3) is 5.91 Å². The first-order chi connectivity index (χ1) is 8.06. The number of nitrogens with two attached hydrogens (primary N) is 1. The minimum atomic E-state index is -0.711. The van der Waals surface area contributed by atoms with E-state index in [1.807, 2.05) is 6.92 Å². The Labute approximate surface area is 99.6 Å². The molecule has 0 bridgehead atoms. The van der Waals surface area contributed by atoms with E-state index in [4.69, 9.17) is 5.73 Å². The summed E-state index contributed by atoms with van der Waals surface area (Å²) in [5.41, 5.74) is 6.14. The Morgan fingerprint density at radius 1 is 1.53 bits per heavy atom. The summed E-state index contributed by atoms with van der Waals surface area (Å²) >= 11 is 0. The van der Waals surface area contributed by atoms with Crippen molar-refractivity contribution >= 4 is 17.5 Å². The molecular formula is C11H16N4O2. The van der Waals surface area contributed by atoms with Crippen molar-refractivity contribution in [2.24, 2.45) is 5.73 Å². The van der Waals surface area contributed by atoms with E-state index >= 15 is 0 Å². The molecule has 0 aromatic carbocycles. The fraction of sp³-hybridized carbons (Fsp3) is 0.364. The molecule has 1 aromatic heterocycles. The van der Waals surface area contributed by atoms with Crippen molar-refractivity contribution in [2.45, 2.75) is 19.9 Å². The fourth-order valence-corrected chi connectivity index (χ4v) is 1.27. The molecule has 92 valence electrons. The number of anilines is 1. The van der Waals surface area contributed by atoms with Crippen molar-refractivity contribution in [3.63, 3.8) is 0 Å². The quantitative estimate of drug-likeness (QED) is 0.676. The summed E-state index contributed by atoms with van der Waals surface area (Å²) < 4.78 is 0. The largest absolute Gasteiger partial charge is 0.385 e. The van der Waals surface area contributed by atoms with Crippen LogP contribution in [0.5, 0.6) is 0 Å². The van der Waals surface area contributed by atoms with Crippen LogP contribution in [0.4, 0.5) is 5.69 Å². The molecule has 1 atom stereocenters. The third-order valence-electron chi connectivity index (χ3n) is 2.21. The topological polar surface area (TPSA) is 97.1 Å². The van der Waals surface area contributed by atoms with Crippen LogP contribution >= 0.6 is 0 Å². The molecule has 0 aliphatic rings. The number of amides is 2. The summed E-state index contributed by atoms with van der Waals surface area (Å²) in [5, 5.41) is 5.54. The highest BCUT2D eigenvalue weighted by atomic mass is 16.2. The van der Waals surface area contributed by atoms with E-state index in [2.05, 4.69) is 15.6 Å². The van der Waals surface area contributed by atoms with Crippen LogP contribution in [0.15, 0.2) is 18.5 Å². The number of hydrogen-bond acceptors (Lipinski definition) is 4.